The third-order valence-corrected chi connectivity index (χ3v) is 3.87. The van der Waals surface area contributed by atoms with Gasteiger partial charge in [-0.25, -0.2) is 0 Å². The number of aromatic nitrogens is 2. The maximum Gasteiger partial charge on any atom is 0.270 e. The number of nitrogens with zero attached hydrogens (tertiary/aromatic N) is 4. The van der Waals surface area contributed by atoms with Gasteiger partial charge in [-0.2, -0.15) is 4.37 Å². The number of likely N-dealkylation sites (N-methyl/N-ethyl adjacent to an activating group) is 1. The van der Waals surface area contributed by atoms with Crippen molar-refractivity contribution in [3.8, 4) is 5.88 Å². The van der Waals surface area contributed by atoms with Gasteiger partial charge >= 0.3 is 0 Å². The van der Waals surface area contributed by atoms with Crippen LogP contribution in [0.15, 0.2) is 0 Å². The van der Waals surface area contributed by atoms with Crippen LogP contribution in [0.3, 0.4) is 0 Å². The van der Waals surface area contributed by atoms with Crippen molar-refractivity contribution in [2.75, 3.05) is 38.7 Å². The highest BCUT2D eigenvalue weighted by molar-refractivity contribution is 6.99. The molecule has 18 heavy (non-hydrogen) atoms. The Morgan fingerprint density at radius 3 is 2.94 bits per heavy atom. The second-order valence-electron chi connectivity index (χ2n) is 4.95. The lowest BCUT2D eigenvalue weighted by atomic mass is 10.2. The summed E-state index contributed by atoms with van der Waals surface area (Å²) in [4.78, 5) is 4.56. The number of rotatable bonds is 6. The van der Waals surface area contributed by atoms with E-state index < -0.39 is 0 Å². The minimum Gasteiger partial charge on any atom is -0.474 e. The van der Waals surface area contributed by atoms with E-state index in [0.29, 0.717) is 11.9 Å². The SMILES string of the molecule is CCCCOc1nsnc1N1CC[C@H](N(C)C)C1. The second kappa shape index (κ2) is 6.33. The number of unbranched alkanes of at least 4 members (excludes halogenated alkanes) is 1. The third kappa shape index (κ3) is 3.11. The molecule has 0 unspecified atom stereocenters. The Bertz CT molecular complexity index is 369. The molecule has 1 aromatic heterocycles. The van der Waals surface area contributed by atoms with Crippen LogP contribution in [0.1, 0.15) is 26.2 Å². The van der Waals surface area contributed by atoms with Gasteiger partial charge in [-0.05, 0) is 26.9 Å². The fourth-order valence-corrected chi connectivity index (χ4v) is 2.65. The van der Waals surface area contributed by atoms with E-state index in [1.807, 2.05) is 0 Å². The third-order valence-electron chi connectivity index (χ3n) is 3.37. The van der Waals surface area contributed by atoms with Gasteiger partial charge in [0.1, 0.15) is 0 Å². The summed E-state index contributed by atoms with van der Waals surface area (Å²) in [5, 5.41) is 0. The van der Waals surface area contributed by atoms with Crippen molar-refractivity contribution in [1.29, 1.82) is 0 Å². The van der Waals surface area contributed by atoms with Crippen LogP contribution in [0, 0.1) is 0 Å². The summed E-state index contributed by atoms with van der Waals surface area (Å²) in [5.74, 6) is 1.65. The zero-order chi connectivity index (χ0) is 13.0. The Labute approximate surface area is 113 Å². The Kier molecular flexibility index (Phi) is 4.77. The average molecular weight is 270 g/mol. The molecule has 1 fully saturated rings. The first-order chi connectivity index (χ1) is 8.72. The summed E-state index contributed by atoms with van der Waals surface area (Å²) < 4.78 is 14.3. The van der Waals surface area contributed by atoms with Gasteiger partial charge in [-0.3, -0.25) is 0 Å². The summed E-state index contributed by atoms with van der Waals surface area (Å²) in [6, 6.07) is 0.607. The molecule has 0 saturated carbocycles. The first kappa shape index (κ1) is 13.5. The van der Waals surface area contributed by atoms with Gasteiger partial charge in [-0.1, -0.05) is 13.3 Å². The Morgan fingerprint density at radius 2 is 2.28 bits per heavy atom. The van der Waals surface area contributed by atoms with Crippen LogP contribution in [0.2, 0.25) is 0 Å². The number of hydrogen-bond acceptors (Lipinski definition) is 6. The lowest BCUT2D eigenvalue weighted by Gasteiger charge is -2.20. The fourth-order valence-electron chi connectivity index (χ4n) is 2.13. The number of hydrogen-bond donors (Lipinski definition) is 0. The molecule has 2 rings (SSSR count). The van der Waals surface area contributed by atoms with Crippen molar-refractivity contribution in [1.82, 2.24) is 13.6 Å². The first-order valence-electron chi connectivity index (χ1n) is 6.59. The van der Waals surface area contributed by atoms with E-state index in [0.717, 1.165) is 38.4 Å². The van der Waals surface area contributed by atoms with Crippen molar-refractivity contribution in [2.24, 2.45) is 0 Å². The number of ether oxygens (including phenoxy) is 1. The summed E-state index contributed by atoms with van der Waals surface area (Å²) in [5.41, 5.74) is 0. The summed E-state index contributed by atoms with van der Waals surface area (Å²) in [6.07, 6.45) is 3.38. The molecule has 0 aromatic carbocycles. The molecule has 1 aromatic rings. The summed E-state index contributed by atoms with van der Waals surface area (Å²) >= 11 is 1.24. The predicted octanol–water partition coefficient (Wildman–Crippen LogP) is 1.86. The van der Waals surface area contributed by atoms with Crippen molar-refractivity contribution >= 4 is 17.5 Å². The lowest BCUT2D eigenvalue weighted by molar-refractivity contribution is 0.300. The molecule has 0 aliphatic carbocycles. The Balaban J connectivity index is 1.95. The smallest absolute Gasteiger partial charge is 0.270 e. The quantitative estimate of drug-likeness (QED) is 0.738. The van der Waals surface area contributed by atoms with Crippen LogP contribution >= 0.6 is 11.7 Å². The maximum absolute atomic E-state index is 5.71. The average Bonchev–Trinajstić information content (AvgIpc) is 2.96. The zero-order valence-electron chi connectivity index (χ0n) is 11.4. The van der Waals surface area contributed by atoms with Crippen molar-refractivity contribution in [3.63, 3.8) is 0 Å². The van der Waals surface area contributed by atoms with E-state index >= 15 is 0 Å². The second-order valence-corrected chi connectivity index (χ2v) is 5.48. The highest BCUT2D eigenvalue weighted by Crippen LogP contribution is 2.29. The van der Waals surface area contributed by atoms with Gasteiger partial charge in [-0.15, -0.1) is 4.37 Å². The molecule has 2 heterocycles. The highest BCUT2D eigenvalue weighted by atomic mass is 32.1. The fraction of sp³-hybridized carbons (Fsp3) is 0.833. The van der Waals surface area contributed by atoms with Crippen LogP contribution < -0.4 is 9.64 Å². The van der Waals surface area contributed by atoms with Gasteiger partial charge in [0.25, 0.3) is 5.88 Å². The van der Waals surface area contributed by atoms with E-state index in [9.17, 15) is 0 Å². The van der Waals surface area contributed by atoms with Crippen molar-refractivity contribution < 1.29 is 4.74 Å². The molecule has 1 saturated heterocycles. The minimum absolute atomic E-state index is 0.607. The molecule has 1 atom stereocenters. The van der Waals surface area contributed by atoms with Crippen LogP contribution in [0.5, 0.6) is 5.88 Å². The Morgan fingerprint density at radius 1 is 1.44 bits per heavy atom. The minimum atomic E-state index is 0.607. The summed E-state index contributed by atoms with van der Waals surface area (Å²) in [7, 11) is 4.26. The molecule has 0 N–H and O–H groups in total. The van der Waals surface area contributed by atoms with Gasteiger partial charge < -0.3 is 14.5 Å². The van der Waals surface area contributed by atoms with Gasteiger partial charge in [0, 0.05) is 19.1 Å². The largest absolute Gasteiger partial charge is 0.474 e. The van der Waals surface area contributed by atoms with Crippen LogP contribution in [-0.2, 0) is 0 Å². The normalized spacial score (nSPS) is 19.8. The monoisotopic (exact) mass is 270 g/mol. The standard InChI is InChI=1S/C12H22N4OS/c1-4-5-8-17-12-11(13-18-14-12)16-7-6-10(9-16)15(2)3/h10H,4-9H2,1-3H3/t10-/m0/s1. The topological polar surface area (TPSA) is 41.5 Å². The first-order valence-corrected chi connectivity index (χ1v) is 7.32. The molecule has 0 spiro atoms. The van der Waals surface area contributed by atoms with E-state index in [1.165, 1.54) is 18.1 Å². The van der Waals surface area contributed by atoms with Gasteiger partial charge in [0.15, 0.2) is 0 Å². The molecular weight excluding hydrogens is 248 g/mol. The van der Waals surface area contributed by atoms with E-state index in [4.69, 9.17) is 4.74 Å². The van der Waals surface area contributed by atoms with Crippen LogP contribution in [0.4, 0.5) is 5.82 Å². The molecular formula is C12H22N4OS. The van der Waals surface area contributed by atoms with Gasteiger partial charge in [0.2, 0.25) is 5.82 Å². The highest BCUT2D eigenvalue weighted by Gasteiger charge is 2.28. The lowest BCUT2D eigenvalue weighted by Crippen LogP contribution is -2.31. The molecule has 6 heteroatoms. The van der Waals surface area contributed by atoms with Crippen molar-refractivity contribution in [3.05, 3.63) is 0 Å². The maximum atomic E-state index is 5.71. The zero-order valence-corrected chi connectivity index (χ0v) is 12.2. The predicted molar refractivity (Wildman–Crippen MR) is 74.6 cm³/mol. The molecule has 0 radical (unpaired) electrons. The van der Waals surface area contributed by atoms with Gasteiger partial charge in [0.05, 0.1) is 18.3 Å². The molecule has 0 bridgehead atoms. The molecule has 1 aliphatic rings. The summed E-state index contributed by atoms with van der Waals surface area (Å²) in [6.45, 7) is 4.95. The molecule has 102 valence electrons. The van der Waals surface area contributed by atoms with Crippen LogP contribution in [-0.4, -0.2) is 53.5 Å². The van der Waals surface area contributed by atoms with E-state index in [2.05, 4.69) is 39.6 Å². The molecule has 0 amide bonds. The Hall–Kier alpha value is -0.880. The van der Waals surface area contributed by atoms with Crippen molar-refractivity contribution in [2.45, 2.75) is 32.2 Å². The molecule has 5 nitrogen and oxygen atoms in total. The number of anilines is 1. The van der Waals surface area contributed by atoms with E-state index in [1.54, 1.807) is 0 Å². The molecule has 1 aliphatic heterocycles. The van der Waals surface area contributed by atoms with E-state index in [-0.39, 0.29) is 0 Å². The van der Waals surface area contributed by atoms with Crippen LogP contribution in [0.25, 0.3) is 0 Å².